The Kier molecular flexibility index (Phi) is 6.23. The van der Waals surface area contributed by atoms with Crippen LogP contribution in [0.4, 0.5) is 5.69 Å². The van der Waals surface area contributed by atoms with Crippen LogP contribution in [0, 0.1) is 5.92 Å². The fraction of sp³-hybridized carbons (Fsp3) is 0.429. The number of benzene rings is 1. The highest BCUT2D eigenvalue weighted by molar-refractivity contribution is 6.02. The lowest BCUT2D eigenvalue weighted by Crippen LogP contribution is -2.43. The van der Waals surface area contributed by atoms with Gasteiger partial charge in [0.1, 0.15) is 0 Å². The fourth-order valence-electron chi connectivity index (χ4n) is 3.39. The lowest BCUT2D eigenvalue weighted by atomic mass is 9.98. The van der Waals surface area contributed by atoms with E-state index < -0.39 is 18.0 Å². The summed E-state index contributed by atoms with van der Waals surface area (Å²) in [5, 5.41) is 3.63. The van der Waals surface area contributed by atoms with E-state index >= 15 is 0 Å². The molecule has 7 heteroatoms. The van der Waals surface area contributed by atoms with Gasteiger partial charge in [-0.05, 0) is 44.0 Å². The summed E-state index contributed by atoms with van der Waals surface area (Å²) in [6, 6.07) is 9.12. The van der Waals surface area contributed by atoms with Crippen molar-refractivity contribution in [2.75, 3.05) is 18.4 Å². The molecule has 2 aromatic rings. The molecule has 1 saturated heterocycles. The van der Waals surface area contributed by atoms with Gasteiger partial charge in [0.05, 0.1) is 17.1 Å². The summed E-state index contributed by atoms with van der Waals surface area (Å²) in [4.78, 5) is 42.8. The van der Waals surface area contributed by atoms with Gasteiger partial charge < -0.3 is 15.0 Å². The van der Waals surface area contributed by atoms with Crippen molar-refractivity contribution >= 4 is 34.4 Å². The van der Waals surface area contributed by atoms with Crippen LogP contribution >= 0.6 is 0 Å². The predicted molar refractivity (Wildman–Crippen MR) is 106 cm³/mol. The number of aromatic nitrogens is 1. The maximum atomic E-state index is 12.5. The summed E-state index contributed by atoms with van der Waals surface area (Å²) in [6.07, 6.45) is 2.59. The number of carbonyl (C=O) groups excluding carboxylic acids is 3. The minimum absolute atomic E-state index is 0.0351. The maximum Gasteiger partial charge on any atom is 0.311 e. The maximum absolute atomic E-state index is 12.5. The molecule has 7 nitrogen and oxygen atoms in total. The number of rotatable bonds is 5. The molecular weight excluding hydrogens is 358 g/mol. The lowest BCUT2D eigenvalue weighted by Gasteiger charge is -2.31. The minimum atomic E-state index is -0.934. The Morgan fingerprint density at radius 3 is 2.89 bits per heavy atom. The van der Waals surface area contributed by atoms with Crippen LogP contribution in [-0.2, 0) is 19.1 Å². The molecule has 2 heterocycles. The van der Waals surface area contributed by atoms with Gasteiger partial charge in [-0.25, -0.2) is 0 Å². The molecule has 28 heavy (non-hydrogen) atoms. The van der Waals surface area contributed by atoms with Gasteiger partial charge >= 0.3 is 5.97 Å². The van der Waals surface area contributed by atoms with Crippen LogP contribution in [0.1, 0.15) is 33.1 Å². The van der Waals surface area contributed by atoms with E-state index in [0.717, 1.165) is 17.3 Å². The summed E-state index contributed by atoms with van der Waals surface area (Å²) >= 11 is 0. The molecule has 2 amide bonds. The molecule has 1 N–H and O–H groups in total. The van der Waals surface area contributed by atoms with Crippen LogP contribution in [0.2, 0.25) is 0 Å². The third-order valence-corrected chi connectivity index (χ3v) is 4.98. The van der Waals surface area contributed by atoms with E-state index in [-0.39, 0.29) is 11.8 Å². The normalized spacial score (nSPS) is 17.8. The van der Waals surface area contributed by atoms with Crippen molar-refractivity contribution in [2.45, 2.75) is 39.2 Å². The zero-order valence-corrected chi connectivity index (χ0v) is 16.2. The summed E-state index contributed by atoms with van der Waals surface area (Å²) in [5.74, 6) is -1.19. The van der Waals surface area contributed by atoms with Crippen LogP contribution in [0.5, 0.6) is 0 Å². The van der Waals surface area contributed by atoms with Crippen molar-refractivity contribution in [1.29, 1.82) is 0 Å². The van der Waals surface area contributed by atoms with Crippen LogP contribution in [0.15, 0.2) is 36.5 Å². The minimum Gasteiger partial charge on any atom is -0.452 e. The third kappa shape index (κ3) is 4.47. The Morgan fingerprint density at radius 2 is 2.11 bits per heavy atom. The monoisotopic (exact) mass is 383 g/mol. The van der Waals surface area contributed by atoms with Gasteiger partial charge in [-0.15, -0.1) is 0 Å². The van der Waals surface area contributed by atoms with Gasteiger partial charge in [-0.3, -0.25) is 19.4 Å². The van der Waals surface area contributed by atoms with E-state index in [9.17, 15) is 14.4 Å². The number of nitrogens with zero attached hydrogens (tertiary/aromatic N) is 2. The van der Waals surface area contributed by atoms with E-state index in [1.165, 1.54) is 0 Å². The predicted octanol–water partition coefficient (Wildman–Crippen LogP) is 2.75. The van der Waals surface area contributed by atoms with Crippen LogP contribution < -0.4 is 5.32 Å². The van der Waals surface area contributed by atoms with Crippen molar-refractivity contribution in [3.8, 4) is 0 Å². The van der Waals surface area contributed by atoms with Crippen molar-refractivity contribution in [1.82, 2.24) is 9.88 Å². The Labute approximate surface area is 164 Å². The lowest BCUT2D eigenvalue weighted by molar-refractivity contribution is -0.159. The Bertz CT molecular complexity index is 878. The first kappa shape index (κ1) is 19.8. The molecule has 2 atom stereocenters. The first-order valence-corrected chi connectivity index (χ1v) is 9.62. The zero-order valence-electron chi connectivity index (χ0n) is 16.2. The molecule has 1 aliphatic heterocycles. The van der Waals surface area contributed by atoms with Crippen molar-refractivity contribution in [2.24, 2.45) is 5.92 Å². The second-order valence-corrected chi connectivity index (χ2v) is 6.98. The molecule has 1 aromatic heterocycles. The second kappa shape index (κ2) is 8.82. The Morgan fingerprint density at radius 1 is 1.29 bits per heavy atom. The van der Waals surface area contributed by atoms with E-state index in [1.807, 2.05) is 18.2 Å². The molecule has 0 bridgehead atoms. The second-order valence-electron chi connectivity index (χ2n) is 6.98. The van der Waals surface area contributed by atoms with E-state index in [4.69, 9.17) is 4.74 Å². The van der Waals surface area contributed by atoms with Crippen molar-refractivity contribution in [3.63, 3.8) is 0 Å². The zero-order chi connectivity index (χ0) is 20.1. The number of likely N-dealkylation sites (tertiary alicyclic amines) is 1. The number of hydrogen-bond donors (Lipinski definition) is 1. The van der Waals surface area contributed by atoms with E-state index in [1.54, 1.807) is 37.1 Å². The molecule has 2 unspecified atom stereocenters. The average Bonchev–Trinajstić information content (AvgIpc) is 2.73. The quantitative estimate of drug-likeness (QED) is 0.802. The standard InChI is InChI=1S/C21H25N3O4/c1-3-19(25)24-12-6-7-15(13-24)21(27)28-14(2)20(26)23-18-10-4-9-17-16(18)8-5-11-22-17/h4-5,8-11,14-15H,3,6-7,12-13H2,1-2H3,(H,23,26). The van der Waals surface area contributed by atoms with E-state index in [0.29, 0.717) is 31.6 Å². The summed E-state index contributed by atoms with van der Waals surface area (Å²) < 4.78 is 5.39. The van der Waals surface area contributed by atoms with Crippen LogP contribution in [-0.4, -0.2) is 46.9 Å². The number of nitrogens with one attached hydrogen (secondary N) is 1. The Hall–Kier alpha value is -2.96. The Balaban J connectivity index is 1.60. The number of pyridine rings is 1. The smallest absolute Gasteiger partial charge is 0.311 e. The molecule has 0 radical (unpaired) electrons. The molecular formula is C21H25N3O4. The van der Waals surface area contributed by atoms with Gasteiger partial charge in [-0.2, -0.15) is 0 Å². The summed E-state index contributed by atoms with van der Waals surface area (Å²) in [7, 11) is 0. The number of fused-ring (bicyclic) bond motifs is 1. The first-order valence-electron chi connectivity index (χ1n) is 9.62. The third-order valence-electron chi connectivity index (χ3n) is 4.98. The van der Waals surface area contributed by atoms with E-state index in [2.05, 4.69) is 10.3 Å². The van der Waals surface area contributed by atoms with Gasteiger partial charge in [0, 0.05) is 31.1 Å². The van der Waals surface area contributed by atoms with Crippen molar-refractivity contribution < 1.29 is 19.1 Å². The van der Waals surface area contributed by atoms with Gasteiger partial charge in [0.15, 0.2) is 6.10 Å². The number of esters is 1. The van der Waals surface area contributed by atoms with Crippen LogP contribution in [0.3, 0.4) is 0 Å². The molecule has 1 fully saturated rings. The fourth-order valence-corrected chi connectivity index (χ4v) is 3.39. The summed E-state index contributed by atoms with van der Waals surface area (Å²) in [5.41, 5.74) is 1.39. The first-order chi connectivity index (χ1) is 13.5. The SMILES string of the molecule is CCC(=O)N1CCCC(C(=O)OC(C)C(=O)Nc2cccc3ncccc23)C1. The topological polar surface area (TPSA) is 88.6 Å². The van der Waals surface area contributed by atoms with Gasteiger partial charge in [0.25, 0.3) is 5.91 Å². The highest BCUT2D eigenvalue weighted by atomic mass is 16.5. The molecule has 0 spiro atoms. The largest absolute Gasteiger partial charge is 0.452 e. The molecule has 3 rings (SSSR count). The number of hydrogen-bond acceptors (Lipinski definition) is 5. The number of anilines is 1. The van der Waals surface area contributed by atoms with Crippen LogP contribution in [0.25, 0.3) is 10.9 Å². The number of carbonyl (C=O) groups is 3. The highest BCUT2D eigenvalue weighted by Gasteiger charge is 2.31. The van der Waals surface area contributed by atoms with Gasteiger partial charge in [0.2, 0.25) is 5.91 Å². The molecule has 148 valence electrons. The number of piperidine rings is 1. The molecule has 0 saturated carbocycles. The summed E-state index contributed by atoms with van der Waals surface area (Å²) in [6.45, 7) is 4.38. The molecule has 1 aliphatic rings. The highest BCUT2D eigenvalue weighted by Crippen LogP contribution is 2.22. The molecule has 1 aromatic carbocycles. The van der Waals surface area contributed by atoms with Gasteiger partial charge in [-0.1, -0.05) is 13.0 Å². The number of ether oxygens (including phenoxy) is 1. The average molecular weight is 383 g/mol. The molecule has 0 aliphatic carbocycles. The van der Waals surface area contributed by atoms with Crippen molar-refractivity contribution in [3.05, 3.63) is 36.5 Å². The number of amides is 2.